The molecule has 0 unspecified atom stereocenters. The molecule has 6 nitrogen and oxygen atoms in total. The topological polar surface area (TPSA) is 75.5 Å². The van der Waals surface area contributed by atoms with E-state index in [-0.39, 0.29) is 18.0 Å². The summed E-state index contributed by atoms with van der Waals surface area (Å²) >= 11 is 1.64. The maximum atomic E-state index is 11.8. The molecule has 8 heteroatoms. The first-order valence-electron chi connectivity index (χ1n) is 11.4. The van der Waals surface area contributed by atoms with Gasteiger partial charge >= 0.3 is 5.97 Å². The van der Waals surface area contributed by atoms with E-state index in [4.69, 9.17) is 9.72 Å². The Labute approximate surface area is 225 Å². The minimum atomic E-state index is -0.950. The van der Waals surface area contributed by atoms with Crippen molar-refractivity contribution in [1.29, 1.82) is 0 Å². The molecule has 0 aliphatic heterocycles. The van der Waals surface area contributed by atoms with Crippen LogP contribution in [0.1, 0.15) is 20.8 Å². The zero-order valence-electron chi connectivity index (χ0n) is 19.7. The molecule has 3 aromatic carbocycles. The second kappa shape index (κ2) is 12.2. The summed E-state index contributed by atoms with van der Waals surface area (Å²) in [4.78, 5) is 24.3. The molecule has 0 aliphatic rings. The molecule has 0 saturated heterocycles. The van der Waals surface area contributed by atoms with E-state index >= 15 is 0 Å². The van der Waals surface area contributed by atoms with Crippen molar-refractivity contribution >= 4 is 35.7 Å². The first-order valence-corrected chi connectivity index (χ1v) is 12.3. The monoisotopic (exact) mass is 529 g/mol. The highest BCUT2D eigenvalue weighted by atomic mass is 35.5. The Morgan fingerprint density at radius 3 is 2.30 bits per heavy atom. The number of ether oxygens (including phenoxy) is 1. The normalized spacial score (nSPS) is 10.4. The van der Waals surface area contributed by atoms with Crippen molar-refractivity contribution in [3.8, 4) is 22.8 Å². The van der Waals surface area contributed by atoms with E-state index in [2.05, 4.69) is 11.1 Å². The average Bonchev–Trinajstić information content (AvgIpc) is 3.43. The van der Waals surface area contributed by atoms with Crippen LogP contribution in [0.5, 0.6) is 11.5 Å². The van der Waals surface area contributed by atoms with Crippen LogP contribution in [-0.4, -0.2) is 21.0 Å². The molecule has 5 aromatic rings. The molecule has 0 aliphatic carbocycles. The first-order chi connectivity index (χ1) is 17.7. The van der Waals surface area contributed by atoms with E-state index in [1.165, 1.54) is 0 Å². The van der Waals surface area contributed by atoms with E-state index in [9.17, 15) is 9.90 Å². The molecule has 186 valence electrons. The predicted octanol–water partition coefficient (Wildman–Crippen LogP) is 7.32. The largest absolute Gasteiger partial charge is 0.478 e. The van der Waals surface area contributed by atoms with Crippen molar-refractivity contribution in [3.05, 3.63) is 125 Å². The summed E-state index contributed by atoms with van der Waals surface area (Å²) < 4.78 is 5.90. The molecule has 1 N–H and O–H groups in total. The maximum absolute atomic E-state index is 11.8. The first kappa shape index (κ1) is 25.9. The third kappa shape index (κ3) is 6.52. The minimum absolute atomic E-state index is 0. The molecule has 37 heavy (non-hydrogen) atoms. The van der Waals surface area contributed by atoms with Gasteiger partial charge in [-0.25, -0.2) is 14.8 Å². The highest BCUT2D eigenvalue weighted by molar-refractivity contribution is 7.09. The zero-order valence-corrected chi connectivity index (χ0v) is 21.4. The average molecular weight is 530 g/mol. The second-order valence-electron chi connectivity index (χ2n) is 8.08. The number of rotatable bonds is 9. The minimum Gasteiger partial charge on any atom is -0.478 e. The number of para-hydroxylation sites is 1. The van der Waals surface area contributed by atoms with Gasteiger partial charge in [0.25, 0.3) is 0 Å². The molecule has 0 spiro atoms. The number of halogens is 1. The molecule has 5 rings (SSSR count). The Kier molecular flexibility index (Phi) is 8.51. The number of hydrogen-bond acceptors (Lipinski definition) is 6. The fraction of sp³-hybridized carbons (Fsp3) is 0.0690. The number of aromatic carboxylic acids is 1. The summed E-state index contributed by atoms with van der Waals surface area (Å²) in [6, 6.07) is 30.4. The van der Waals surface area contributed by atoms with Gasteiger partial charge in [0.1, 0.15) is 11.5 Å². The number of hydrogen-bond donors (Lipinski definition) is 1. The summed E-state index contributed by atoms with van der Waals surface area (Å²) in [6.45, 7) is 0.937. The molecule has 2 aromatic heterocycles. The van der Waals surface area contributed by atoms with E-state index in [0.29, 0.717) is 24.6 Å². The summed E-state index contributed by atoms with van der Waals surface area (Å²) in [6.07, 6.45) is 1.73. The number of benzene rings is 3. The van der Waals surface area contributed by atoms with Crippen LogP contribution in [0, 0.1) is 0 Å². The Bertz CT molecular complexity index is 1450. The highest BCUT2D eigenvalue weighted by Gasteiger charge is 2.17. The smallest absolute Gasteiger partial charge is 0.336 e. The molecular weight excluding hydrogens is 506 g/mol. The molecule has 0 bridgehead atoms. The lowest BCUT2D eigenvalue weighted by molar-refractivity contribution is 0.0695. The van der Waals surface area contributed by atoms with Crippen molar-refractivity contribution < 1.29 is 14.6 Å². The van der Waals surface area contributed by atoms with Gasteiger partial charge in [0, 0.05) is 23.2 Å². The van der Waals surface area contributed by atoms with Crippen LogP contribution < -0.4 is 9.64 Å². The molecule has 0 saturated carbocycles. The quantitative estimate of drug-likeness (QED) is 0.215. The van der Waals surface area contributed by atoms with Crippen LogP contribution in [0.15, 0.2) is 109 Å². The van der Waals surface area contributed by atoms with Crippen LogP contribution in [0.2, 0.25) is 0 Å². The number of carboxylic acid groups (broad SMARTS) is 1. The van der Waals surface area contributed by atoms with Crippen molar-refractivity contribution in [1.82, 2.24) is 9.97 Å². The van der Waals surface area contributed by atoms with Gasteiger partial charge in [-0.2, -0.15) is 0 Å². The summed E-state index contributed by atoms with van der Waals surface area (Å²) in [7, 11) is 0. The standard InChI is InChI=1S/C29H23N3O3S.ClH/c33-28(34)26-11-5-4-7-22(26)19-32(20-25-10-6-18-36-25)29-30-17-16-27(31-29)21-12-14-24(15-13-21)35-23-8-2-1-3-9-23;/h1-18H,19-20H2,(H,33,34);1H. The van der Waals surface area contributed by atoms with E-state index in [1.807, 2.05) is 89.1 Å². The van der Waals surface area contributed by atoms with Crippen LogP contribution in [0.25, 0.3) is 11.3 Å². The molecule has 0 fully saturated rings. The lowest BCUT2D eigenvalue weighted by Gasteiger charge is -2.23. The second-order valence-corrected chi connectivity index (χ2v) is 9.11. The Morgan fingerprint density at radius 1 is 0.838 bits per heavy atom. The van der Waals surface area contributed by atoms with Crippen molar-refractivity contribution in [2.45, 2.75) is 13.1 Å². The SMILES string of the molecule is Cl.O=C(O)c1ccccc1CN(Cc1cccs1)c1nccc(-c2ccc(Oc3ccccc3)cc2)n1. The fourth-order valence-electron chi connectivity index (χ4n) is 3.84. The maximum Gasteiger partial charge on any atom is 0.336 e. The fourth-order valence-corrected chi connectivity index (χ4v) is 4.56. The Morgan fingerprint density at radius 2 is 1.57 bits per heavy atom. The number of aromatic nitrogens is 2. The summed E-state index contributed by atoms with van der Waals surface area (Å²) in [5.41, 5.74) is 2.69. The lowest BCUT2D eigenvalue weighted by atomic mass is 10.1. The van der Waals surface area contributed by atoms with Gasteiger partial charge < -0.3 is 14.7 Å². The van der Waals surface area contributed by atoms with Gasteiger partial charge in [0.2, 0.25) is 5.95 Å². The zero-order chi connectivity index (χ0) is 24.7. The summed E-state index contributed by atoms with van der Waals surface area (Å²) in [5, 5.41) is 11.7. The predicted molar refractivity (Wildman–Crippen MR) is 149 cm³/mol. The van der Waals surface area contributed by atoms with Crippen LogP contribution in [0.4, 0.5) is 5.95 Å². The molecule has 2 heterocycles. The molecular formula is C29H24ClN3O3S. The van der Waals surface area contributed by atoms with E-state index in [0.717, 1.165) is 27.6 Å². The molecule has 0 radical (unpaired) electrons. The van der Waals surface area contributed by atoms with E-state index < -0.39 is 5.97 Å². The van der Waals surface area contributed by atoms with Gasteiger partial charge in [-0.3, -0.25) is 0 Å². The number of anilines is 1. The molecule has 0 amide bonds. The van der Waals surface area contributed by atoms with E-state index in [1.54, 1.807) is 29.7 Å². The van der Waals surface area contributed by atoms with Gasteiger partial charge in [0.05, 0.1) is 17.8 Å². The van der Waals surface area contributed by atoms with Gasteiger partial charge in [-0.1, -0.05) is 42.5 Å². The van der Waals surface area contributed by atoms with Crippen LogP contribution >= 0.6 is 23.7 Å². The number of thiophene rings is 1. The van der Waals surface area contributed by atoms with Crippen LogP contribution in [-0.2, 0) is 13.1 Å². The lowest BCUT2D eigenvalue weighted by Crippen LogP contribution is -2.25. The Hall–Kier alpha value is -4.20. The van der Waals surface area contributed by atoms with Gasteiger partial charge in [-0.05, 0) is 65.5 Å². The number of nitrogens with zero attached hydrogens (tertiary/aromatic N) is 3. The highest BCUT2D eigenvalue weighted by Crippen LogP contribution is 2.27. The number of carboxylic acids is 1. The third-order valence-electron chi connectivity index (χ3n) is 5.59. The van der Waals surface area contributed by atoms with Crippen molar-refractivity contribution in [2.75, 3.05) is 4.90 Å². The summed E-state index contributed by atoms with van der Waals surface area (Å²) in [5.74, 6) is 1.10. The third-order valence-corrected chi connectivity index (χ3v) is 6.45. The van der Waals surface area contributed by atoms with Gasteiger partial charge in [-0.15, -0.1) is 23.7 Å². The number of carbonyl (C=O) groups is 1. The Balaban J connectivity index is 0.00000320. The van der Waals surface area contributed by atoms with Crippen molar-refractivity contribution in [3.63, 3.8) is 0 Å². The van der Waals surface area contributed by atoms with Crippen LogP contribution in [0.3, 0.4) is 0 Å². The van der Waals surface area contributed by atoms with Crippen molar-refractivity contribution in [2.24, 2.45) is 0 Å². The molecule has 0 atom stereocenters. The van der Waals surface area contributed by atoms with Gasteiger partial charge in [0.15, 0.2) is 0 Å².